The van der Waals surface area contributed by atoms with E-state index in [1.54, 1.807) is 0 Å². The SMILES string of the molecule is COS(=O)(=O)[O-].Cc1cc2c3c(c4cc(Cl)ccc4[n+](C)c3c1)N(C)c1ccc(Cl)cc1-2. The van der Waals surface area contributed by atoms with Gasteiger partial charge in [-0.1, -0.05) is 29.3 Å². The maximum Gasteiger partial charge on any atom is 0.217 e. The maximum atomic E-state index is 9.22. The molecule has 0 bridgehead atoms. The van der Waals surface area contributed by atoms with E-state index in [1.807, 2.05) is 12.1 Å². The summed E-state index contributed by atoms with van der Waals surface area (Å²) in [5.41, 5.74) is 8.35. The molecule has 0 saturated heterocycles. The third kappa shape index (κ3) is 3.91. The molecule has 9 heteroatoms. The summed E-state index contributed by atoms with van der Waals surface area (Å²) in [5, 5.41) is 3.89. The molecule has 0 atom stereocenters. The maximum absolute atomic E-state index is 9.22. The molecule has 6 nitrogen and oxygen atoms in total. The Labute approximate surface area is 196 Å². The average molecular weight is 491 g/mol. The Kier molecular flexibility index (Phi) is 5.81. The van der Waals surface area contributed by atoms with Crippen molar-refractivity contribution in [3.05, 3.63) is 64.1 Å². The topological polar surface area (TPSA) is 73.5 Å². The second-order valence-electron chi connectivity index (χ2n) is 7.57. The van der Waals surface area contributed by atoms with Crippen LogP contribution in [-0.2, 0) is 21.6 Å². The van der Waals surface area contributed by atoms with Crippen molar-refractivity contribution in [2.75, 3.05) is 19.1 Å². The first-order chi connectivity index (χ1) is 15.0. The first kappa shape index (κ1) is 22.8. The van der Waals surface area contributed by atoms with Crippen LogP contribution in [0.1, 0.15) is 5.56 Å². The minimum Gasteiger partial charge on any atom is -0.726 e. The number of hydrogen-bond acceptors (Lipinski definition) is 5. The fourth-order valence-electron chi connectivity index (χ4n) is 4.23. The van der Waals surface area contributed by atoms with Gasteiger partial charge >= 0.3 is 0 Å². The van der Waals surface area contributed by atoms with Crippen molar-refractivity contribution in [1.29, 1.82) is 0 Å². The van der Waals surface area contributed by atoms with Crippen LogP contribution in [0.4, 0.5) is 11.4 Å². The smallest absolute Gasteiger partial charge is 0.217 e. The van der Waals surface area contributed by atoms with Crippen LogP contribution >= 0.6 is 23.2 Å². The number of fused-ring (bicyclic) bond motifs is 4. The number of hydrogen-bond donors (Lipinski definition) is 0. The lowest BCUT2D eigenvalue weighted by atomic mass is 9.90. The molecule has 0 saturated carbocycles. The standard InChI is InChI=1S/C22H17Cl2N2.CH4O4S/c1-12-8-16-15-10-13(23)4-6-18(15)26(3)22-17-11-14(24)5-7-19(17)25(2)20(9-12)21(16)22;1-5-6(2,3)4/h4-11H,1-3H3;1H3,(H,2,3,4)/q+1;/p-1. The van der Waals surface area contributed by atoms with E-state index in [4.69, 9.17) is 23.2 Å². The average Bonchev–Trinajstić information content (AvgIpc) is 2.73. The lowest BCUT2D eigenvalue weighted by Crippen LogP contribution is -2.32. The van der Waals surface area contributed by atoms with Gasteiger partial charge in [-0.05, 0) is 42.8 Å². The van der Waals surface area contributed by atoms with Gasteiger partial charge in [-0.15, -0.1) is 0 Å². The zero-order valence-corrected chi connectivity index (χ0v) is 20.1. The van der Waals surface area contributed by atoms with E-state index in [-0.39, 0.29) is 0 Å². The normalized spacial score (nSPS) is 12.5. The van der Waals surface area contributed by atoms with E-state index in [9.17, 15) is 13.0 Å². The quantitative estimate of drug-likeness (QED) is 0.157. The lowest BCUT2D eigenvalue weighted by molar-refractivity contribution is -0.617. The van der Waals surface area contributed by atoms with Gasteiger partial charge in [-0.2, -0.15) is 4.57 Å². The van der Waals surface area contributed by atoms with Crippen molar-refractivity contribution in [3.63, 3.8) is 0 Å². The highest BCUT2D eigenvalue weighted by atomic mass is 35.5. The number of benzene rings is 3. The van der Waals surface area contributed by atoms with E-state index in [0.717, 1.165) is 33.7 Å². The van der Waals surface area contributed by atoms with Crippen molar-refractivity contribution in [2.45, 2.75) is 6.92 Å². The monoisotopic (exact) mass is 490 g/mol. The number of halogens is 2. The Morgan fingerprint density at radius 1 is 0.969 bits per heavy atom. The molecule has 0 radical (unpaired) electrons. The van der Waals surface area contributed by atoms with Crippen LogP contribution in [0, 0.1) is 6.92 Å². The molecule has 0 amide bonds. The third-order valence-electron chi connectivity index (χ3n) is 5.58. The minimum absolute atomic E-state index is 0.747. The van der Waals surface area contributed by atoms with E-state index in [0.29, 0.717) is 0 Å². The Bertz CT molecular complexity index is 1500. The van der Waals surface area contributed by atoms with Crippen LogP contribution in [0.5, 0.6) is 0 Å². The number of rotatable bonds is 1. The summed E-state index contributed by atoms with van der Waals surface area (Å²) in [6.07, 6.45) is 0. The summed E-state index contributed by atoms with van der Waals surface area (Å²) in [4.78, 5) is 2.26. The number of pyridine rings is 1. The van der Waals surface area contributed by atoms with Crippen LogP contribution in [0.15, 0.2) is 48.5 Å². The van der Waals surface area contributed by atoms with Crippen LogP contribution in [0.3, 0.4) is 0 Å². The highest BCUT2D eigenvalue weighted by molar-refractivity contribution is 7.80. The molecule has 166 valence electrons. The van der Waals surface area contributed by atoms with Crippen molar-refractivity contribution >= 4 is 66.8 Å². The Morgan fingerprint density at radius 3 is 2.25 bits per heavy atom. The number of aryl methyl sites for hydroxylation is 2. The largest absolute Gasteiger partial charge is 0.726 e. The first-order valence-corrected chi connectivity index (χ1v) is 11.7. The molecule has 0 N–H and O–H groups in total. The van der Waals surface area contributed by atoms with Gasteiger partial charge in [-0.25, -0.2) is 8.42 Å². The Balaban J connectivity index is 0.000000363. The molecule has 0 fully saturated rings. The van der Waals surface area contributed by atoms with E-state index < -0.39 is 10.4 Å². The number of aromatic nitrogens is 1. The van der Waals surface area contributed by atoms with Gasteiger partial charge in [-0.3, -0.25) is 4.18 Å². The second kappa shape index (κ2) is 8.17. The molecular formula is C23H20Cl2N2O4S. The molecule has 32 heavy (non-hydrogen) atoms. The highest BCUT2D eigenvalue weighted by Crippen LogP contribution is 2.49. The van der Waals surface area contributed by atoms with Gasteiger partial charge < -0.3 is 9.45 Å². The van der Waals surface area contributed by atoms with Gasteiger partial charge in [0.2, 0.25) is 21.4 Å². The molecule has 3 aromatic carbocycles. The molecule has 1 aliphatic rings. The summed E-state index contributed by atoms with van der Waals surface area (Å²) in [6.45, 7) is 2.14. The predicted molar refractivity (Wildman–Crippen MR) is 128 cm³/mol. The molecule has 2 heterocycles. The van der Waals surface area contributed by atoms with Gasteiger partial charge in [0.15, 0.2) is 0 Å². The van der Waals surface area contributed by atoms with E-state index in [1.165, 1.54) is 33.3 Å². The zero-order valence-electron chi connectivity index (χ0n) is 17.8. The van der Waals surface area contributed by atoms with Crippen molar-refractivity contribution in [1.82, 2.24) is 0 Å². The molecule has 0 unspecified atom stereocenters. The summed E-state index contributed by atoms with van der Waals surface area (Å²) < 4.78 is 33.3. The Morgan fingerprint density at radius 2 is 1.59 bits per heavy atom. The van der Waals surface area contributed by atoms with Crippen LogP contribution in [0.2, 0.25) is 10.0 Å². The summed E-state index contributed by atoms with van der Waals surface area (Å²) in [5.74, 6) is 0. The fraction of sp³-hybridized carbons (Fsp3) is 0.174. The van der Waals surface area contributed by atoms with Gasteiger partial charge in [0, 0.05) is 46.0 Å². The van der Waals surface area contributed by atoms with Gasteiger partial charge in [0.05, 0.1) is 23.6 Å². The van der Waals surface area contributed by atoms with Crippen molar-refractivity contribution < 1.29 is 21.7 Å². The Hall–Kier alpha value is -2.42. The van der Waals surface area contributed by atoms with Crippen LogP contribution in [0.25, 0.3) is 32.9 Å². The minimum atomic E-state index is -4.41. The van der Waals surface area contributed by atoms with Crippen LogP contribution in [-0.4, -0.2) is 27.1 Å². The summed E-state index contributed by atoms with van der Waals surface area (Å²) >= 11 is 12.7. The number of nitrogens with zero attached hydrogens (tertiary/aromatic N) is 2. The number of anilines is 2. The highest BCUT2D eigenvalue weighted by Gasteiger charge is 2.30. The molecule has 5 rings (SSSR count). The van der Waals surface area contributed by atoms with Gasteiger partial charge in [0.1, 0.15) is 7.05 Å². The van der Waals surface area contributed by atoms with E-state index >= 15 is 0 Å². The van der Waals surface area contributed by atoms with Gasteiger partial charge in [0.25, 0.3) is 0 Å². The molecule has 1 aliphatic heterocycles. The molecule has 4 aromatic rings. The summed E-state index contributed by atoms with van der Waals surface area (Å²) in [7, 11) is 0.629. The predicted octanol–water partition coefficient (Wildman–Crippen LogP) is 5.27. The summed E-state index contributed by atoms with van der Waals surface area (Å²) in [6, 6.07) is 16.7. The fourth-order valence-corrected chi connectivity index (χ4v) is 4.58. The lowest BCUT2D eigenvalue weighted by Gasteiger charge is -2.30. The van der Waals surface area contributed by atoms with Crippen LogP contribution < -0.4 is 9.47 Å². The molecule has 0 aliphatic carbocycles. The van der Waals surface area contributed by atoms with Crippen molar-refractivity contribution in [3.8, 4) is 11.1 Å². The first-order valence-electron chi connectivity index (χ1n) is 9.62. The van der Waals surface area contributed by atoms with Crippen molar-refractivity contribution in [2.24, 2.45) is 7.05 Å². The zero-order chi connectivity index (χ0) is 23.4. The van der Waals surface area contributed by atoms with E-state index in [2.05, 4.69) is 71.1 Å². The second-order valence-corrected chi connectivity index (χ2v) is 9.59. The molecule has 1 aromatic heterocycles. The molecular weight excluding hydrogens is 471 g/mol. The molecule has 0 spiro atoms. The third-order valence-corrected chi connectivity index (χ3v) is 6.46.